The zero-order valence-corrected chi connectivity index (χ0v) is 18.2. The van der Waals surface area contributed by atoms with Crippen LogP contribution in [0.25, 0.3) is 22.0 Å². The maximum Gasteiger partial charge on any atom is 0.248 e. The van der Waals surface area contributed by atoms with E-state index in [0.717, 1.165) is 79.6 Å². The Bertz CT molecular complexity index is 1130. The van der Waals surface area contributed by atoms with Gasteiger partial charge >= 0.3 is 0 Å². The van der Waals surface area contributed by atoms with Crippen LogP contribution in [-0.2, 0) is 16.1 Å². The number of likely N-dealkylation sites (tertiary alicyclic amines) is 1. The van der Waals surface area contributed by atoms with Gasteiger partial charge in [-0.25, -0.2) is 0 Å². The highest BCUT2D eigenvalue weighted by molar-refractivity contribution is 5.83. The average Bonchev–Trinajstić information content (AvgIpc) is 3.68. The molecule has 4 heterocycles. The van der Waals surface area contributed by atoms with Crippen LogP contribution in [0.2, 0.25) is 0 Å². The van der Waals surface area contributed by atoms with Gasteiger partial charge < -0.3 is 9.64 Å². The van der Waals surface area contributed by atoms with Gasteiger partial charge in [-0.1, -0.05) is 24.3 Å². The molecule has 2 saturated heterocycles. The highest BCUT2D eigenvalue weighted by Crippen LogP contribution is 2.36. The Kier molecular flexibility index (Phi) is 4.92. The van der Waals surface area contributed by atoms with E-state index in [-0.39, 0.29) is 18.1 Å². The fraction of sp³-hybridized carbons (Fsp3) is 0.423. The second-order valence-corrected chi connectivity index (χ2v) is 9.45. The van der Waals surface area contributed by atoms with Crippen LogP contribution in [0.15, 0.2) is 54.9 Å². The van der Waals surface area contributed by atoms with Crippen LogP contribution in [0, 0.1) is 0 Å². The number of amides is 1. The lowest BCUT2D eigenvalue weighted by molar-refractivity contribution is -0.172. The number of nitrogens with zero attached hydrogens (tertiary/aromatic N) is 4. The molecule has 164 valence electrons. The van der Waals surface area contributed by atoms with Crippen LogP contribution >= 0.6 is 0 Å². The van der Waals surface area contributed by atoms with Crippen molar-refractivity contribution >= 4 is 16.8 Å². The lowest BCUT2D eigenvalue weighted by Gasteiger charge is -2.47. The van der Waals surface area contributed by atoms with Crippen LogP contribution in [-0.4, -0.2) is 63.6 Å². The number of piperidine rings is 1. The summed E-state index contributed by atoms with van der Waals surface area (Å²) in [6, 6.07) is 15.2. The van der Waals surface area contributed by atoms with Crippen molar-refractivity contribution in [2.45, 2.75) is 43.9 Å². The number of benzene rings is 1. The summed E-state index contributed by atoms with van der Waals surface area (Å²) in [5.74, 6) is 0.173. The van der Waals surface area contributed by atoms with Crippen molar-refractivity contribution < 1.29 is 9.53 Å². The van der Waals surface area contributed by atoms with E-state index in [9.17, 15) is 4.79 Å². The molecule has 0 N–H and O–H groups in total. The largest absolute Gasteiger partial charge is 0.363 e. The standard InChI is InChI=1S/C26H28N4O2/c31-25-17-32-26(18-30(25)23-7-8-23)9-12-29(13-10-26)16-22-6-5-21(15-28-22)20-4-3-19-2-1-11-27-24(19)14-20/h1-6,11,14-15,23H,7-10,12-13,16-18H2. The van der Waals surface area contributed by atoms with Crippen molar-refractivity contribution in [1.82, 2.24) is 19.8 Å². The summed E-state index contributed by atoms with van der Waals surface area (Å²) in [6.45, 7) is 3.83. The van der Waals surface area contributed by atoms with Gasteiger partial charge in [-0.3, -0.25) is 19.7 Å². The number of ether oxygens (including phenoxy) is 1. The zero-order chi connectivity index (χ0) is 21.5. The van der Waals surface area contributed by atoms with Crippen LogP contribution in [0.5, 0.6) is 0 Å². The smallest absolute Gasteiger partial charge is 0.248 e. The SMILES string of the molecule is O=C1COC2(CCN(Cc3ccc(-c4ccc5cccnc5c4)cn3)CC2)CN1C1CC1. The Morgan fingerprint density at radius 2 is 1.88 bits per heavy atom. The van der Waals surface area contributed by atoms with Gasteiger partial charge in [-0.2, -0.15) is 0 Å². The van der Waals surface area contributed by atoms with Crippen molar-refractivity contribution in [3.05, 3.63) is 60.6 Å². The minimum atomic E-state index is -0.144. The Hall–Kier alpha value is -2.83. The third-order valence-corrected chi connectivity index (χ3v) is 7.19. The van der Waals surface area contributed by atoms with E-state index in [2.05, 4.69) is 51.2 Å². The predicted octanol–water partition coefficient (Wildman–Crippen LogP) is 3.65. The monoisotopic (exact) mass is 428 g/mol. The van der Waals surface area contributed by atoms with E-state index < -0.39 is 0 Å². The molecule has 1 aromatic carbocycles. The molecule has 1 spiro atoms. The quantitative estimate of drug-likeness (QED) is 0.635. The number of carbonyl (C=O) groups excluding carboxylic acids is 1. The van der Waals surface area contributed by atoms with Crippen molar-refractivity contribution in [2.75, 3.05) is 26.2 Å². The fourth-order valence-corrected chi connectivity index (χ4v) is 5.05. The van der Waals surface area contributed by atoms with Crippen molar-refractivity contribution in [1.29, 1.82) is 0 Å². The lowest BCUT2D eigenvalue weighted by Crippen LogP contribution is -2.59. The molecule has 6 nitrogen and oxygen atoms in total. The van der Waals surface area contributed by atoms with Crippen molar-refractivity contribution in [2.24, 2.45) is 0 Å². The van der Waals surface area contributed by atoms with E-state index in [0.29, 0.717) is 6.04 Å². The zero-order valence-electron chi connectivity index (χ0n) is 18.2. The minimum Gasteiger partial charge on any atom is -0.363 e. The molecule has 0 radical (unpaired) electrons. The summed E-state index contributed by atoms with van der Waals surface area (Å²) in [5.41, 5.74) is 4.19. The first-order valence-electron chi connectivity index (χ1n) is 11.6. The topological polar surface area (TPSA) is 58.6 Å². The number of rotatable bonds is 4. The molecule has 32 heavy (non-hydrogen) atoms. The fourth-order valence-electron chi connectivity index (χ4n) is 5.05. The van der Waals surface area contributed by atoms with Gasteiger partial charge in [-0.15, -0.1) is 0 Å². The summed E-state index contributed by atoms with van der Waals surface area (Å²) < 4.78 is 6.08. The van der Waals surface area contributed by atoms with Crippen LogP contribution in [0.4, 0.5) is 0 Å². The predicted molar refractivity (Wildman–Crippen MR) is 123 cm³/mol. The lowest BCUT2D eigenvalue weighted by atomic mass is 9.89. The number of pyridine rings is 2. The molecule has 3 fully saturated rings. The van der Waals surface area contributed by atoms with Gasteiger partial charge in [0.2, 0.25) is 5.91 Å². The number of aromatic nitrogens is 2. The number of fused-ring (bicyclic) bond motifs is 1. The summed E-state index contributed by atoms with van der Waals surface area (Å²) in [7, 11) is 0. The molecule has 0 atom stereocenters. The van der Waals surface area contributed by atoms with Gasteiger partial charge in [0.25, 0.3) is 0 Å². The Labute approximate surface area is 188 Å². The molecule has 1 saturated carbocycles. The molecule has 2 aliphatic heterocycles. The second kappa shape index (κ2) is 7.94. The van der Waals surface area contributed by atoms with Crippen LogP contribution < -0.4 is 0 Å². The normalized spacial score (nSPS) is 21.4. The molecule has 6 heteroatoms. The Morgan fingerprint density at radius 3 is 2.66 bits per heavy atom. The first-order valence-corrected chi connectivity index (χ1v) is 11.6. The number of carbonyl (C=O) groups is 1. The molecule has 0 unspecified atom stereocenters. The van der Waals surface area contributed by atoms with Gasteiger partial charge in [0, 0.05) is 49.0 Å². The van der Waals surface area contributed by atoms with Gasteiger partial charge in [0.1, 0.15) is 6.61 Å². The number of hydrogen-bond donors (Lipinski definition) is 0. The molecular weight excluding hydrogens is 400 g/mol. The number of morpholine rings is 1. The van der Waals surface area contributed by atoms with E-state index >= 15 is 0 Å². The molecule has 1 amide bonds. The third-order valence-electron chi connectivity index (χ3n) is 7.19. The maximum absolute atomic E-state index is 12.2. The first-order chi connectivity index (χ1) is 15.7. The molecule has 6 rings (SSSR count). The van der Waals surface area contributed by atoms with Gasteiger partial charge in [-0.05, 0) is 49.4 Å². The van der Waals surface area contributed by atoms with Crippen molar-refractivity contribution in [3.8, 4) is 11.1 Å². The molecule has 3 aliphatic rings. The van der Waals surface area contributed by atoms with E-state index in [1.54, 1.807) is 0 Å². The van der Waals surface area contributed by atoms with Crippen molar-refractivity contribution in [3.63, 3.8) is 0 Å². The maximum atomic E-state index is 12.2. The highest BCUT2D eigenvalue weighted by atomic mass is 16.5. The highest BCUT2D eigenvalue weighted by Gasteiger charge is 2.46. The Balaban J connectivity index is 1.08. The van der Waals surface area contributed by atoms with E-state index in [4.69, 9.17) is 9.72 Å². The minimum absolute atomic E-state index is 0.144. The summed E-state index contributed by atoms with van der Waals surface area (Å²) in [5, 5.41) is 1.15. The molecule has 0 bridgehead atoms. The summed E-state index contributed by atoms with van der Waals surface area (Å²) in [4.78, 5) is 25.9. The van der Waals surface area contributed by atoms with Gasteiger partial charge in [0.15, 0.2) is 0 Å². The van der Waals surface area contributed by atoms with Crippen LogP contribution in [0.1, 0.15) is 31.4 Å². The first kappa shape index (κ1) is 19.8. The number of hydrogen-bond acceptors (Lipinski definition) is 5. The summed E-state index contributed by atoms with van der Waals surface area (Å²) in [6.07, 6.45) is 8.07. The second-order valence-electron chi connectivity index (χ2n) is 9.45. The molecule has 2 aromatic heterocycles. The summed E-state index contributed by atoms with van der Waals surface area (Å²) >= 11 is 0. The van der Waals surface area contributed by atoms with Gasteiger partial charge in [0.05, 0.1) is 23.4 Å². The van der Waals surface area contributed by atoms with Crippen LogP contribution in [0.3, 0.4) is 0 Å². The van der Waals surface area contributed by atoms with E-state index in [1.165, 1.54) is 0 Å². The molecular formula is C26H28N4O2. The Morgan fingerprint density at radius 1 is 1.03 bits per heavy atom. The van der Waals surface area contributed by atoms with E-state index in [1.807, 2.05) is 18.5 Å². The molecule has 1 aliphatic carbocycles. The third kappa shape index (κ3) is 3.89. The average molecular weight is 429 g/mol. The molecule has 3 aromatic rings.